The molecule has 1 amide bonds. The molecule has 1 saturated heterocycles. The number of nitrogens with zero attached hydrogens (tertiary/aromatic N) is 2. The van der Waals surface area contributed by atoms with E-state index in [2.05, 4.69) is 4.98 Å². The Morgan fingerprint density at radius 1 is 1.65 bits per heavy atom. The lowest BCUT2D eigenvalue weighted by Crippen LogP contribution is -2.41. The lowest BCUT2D eigenvalue weighted by atomic mass is 10.2. The van der Waals surface area contributed by atoms with Gasteiger partial charge < -0.3 is 15.4 Å². The Kier molecular flexibility index (Phi) is 4.72. The number of amides is 1. The van der Waals surface area contributed by atoms with Gasteiger partial charge in [-0.15, -0.1) is 11.3 Å². The summed E-state index contributed by atoms with van der Waals surface area (Å²) in [5.41, 5.74) is 6.46. The van der Waals surface area contributed by atoms with Crippen LogP contribution >= 0.6 is 11.3 Å². The Bertz CT molecular complexity index is 501. The molecule has 0 spiro atoms. The molecule has 6 nitrogen and oxygen atoms in total. The Labute approximate surface area is 121 Å². The number of rotatable bonds is 4. The highest BCUT2D eigenvalue weighted by Gasteiger charge is 2.34. The first-order valence-electron chi connectivity index (χ1n) is 6.60. The van der Waals surface area contributed by atoms with Crippen molar-refractivity contribution in [1.29, 1.82) is 0 Å². The molecule has 1 aliphatic rings. The highest BCUT2D eigenvalue weighted by molar-refractivity contribution is 7.09. The van der Waals surface area contributed by atoms with Gasteiger partial charge in [-0.25, -0.2) is 9.78 Å². The molecule has 1 aliphatic heterocycles. The van der Waals surface area contributed by atoms with Gasteiger partial charge >= 0.3 is 5.97 Å². The topological polar surface area (TPSA) is 85.5 Å². The molecular formula is C13H19N3O3S. The quantitative estimate of drug-likeness (QED) is 0.833. The summed E-state index contributed by atoms with van der Waals surface area (Å²) in [7, 11) is 1.35. The molecule has 2 N–H and O–H groups in total. The minimum atomic E-state index is -0.445. The summed E-state index contributed by atoms with van der Waals surface area (Å²) < 4.78 is 4.74. The second-order valence-corrected chi connectivity index (χ2v) is 5.80. The monoisotopic (exact) mass is 297 g/mol. The van der Waals surface area contributed by atoms with Crippen molar-refractivity contribution < 1.29 is 14.3 Å². The SMILES string of the molecule is COC(=O)C1CCCN1C(=O)Cc1csc(C(C)N)n1. The van der Waals surface area contributed by atoms with Crippen molar-refractivity contribution in [3.63, 3.8) is 0 Å². The molecule has 2 rings (SSSR count). The Morgan fingerprint density at radius 3 is 3.00 bits per heavy atom. The van der Waals surface area contributed by atoms with Gasteiger partial charge in [0.1, 0.15) is 11.0 Å². The van der Waals surface area contributed by atoms with Crippen molar-refractivity contribution in [1.82, 2.24) is 9.88 Å². The third-order valence-corrected chi connectivity index (χ3v) is 4.43. The number of methoxy groups -OCH3 is 1. The summed E-state index contributed by atoms with van der Waals surface area (Å²) in [6.07, 6.45) is 1.70. The number of nitrogens with two attached hydrogens (primary N) is 1. The third-order valence-electron chi connectivity index (χ3n) is 3.34. The van der Waals surface area contributed by atoms with E-state index < -0.39 is 6.04 Å². The number of hydrogen-bond acceptors (Lipinski definition) is 6. The maximum atomic E-state index is 12.3. The molecule has 20 heavy (non-hydrogen) atoms. The normalized spacial score (nSPS) is 19.9. The van der Waals surface area contributed by atoms with E-state index in [1.54, 1.807) is 4.90 Å². The van der Waals surface area contributed by atoms with Crippen LogP contribution in [0.1, 0.15) is 36.5 Å². The van der Waals surface area contributed by atoms with E-state index in [1.165, 1.54) is 18.4 Å². The molecule has 0 aliphatic carbocycles. The summed E-state index contributed by atoms with van der Waals surface area (Å²) in [6, 6.07) is -0.572. The van der Waals surface area contributed by atoms with Crippen molar-refractivity contribution in [3.05, 3.63) is 16.1 Å². The zero-order chi connectivity index (χ0) is 14.7. The fourth-order valence-electron chi connectivity index (χ4n) is 2.32. The van der Waals surface area contributed by atoms with Gasteiger partial charge in [0, 0.05) is 11.9 Å². The van der Waals surface area contributed by atoms with Crippen LogP contribution in [-0.4, -0.2) is 41.5 Å². The van der Waals surface area contributed by atoms with Gasteiger partial charge in [0.2, 0.25) is 5.91 Å². The maximum Gasteiger partial charge on any atom is 0.328 e. The van der Waals surface area contributed by atoms with E-state index in [0.717, 1.165) is 11.4 Å². The van der Waals surface area contributed by atoms with Crippen molar-refractivity contribution in [2.45, 2.75) is 38.3 Å². The van der Waals surface area contributed by atoms with Crippen LogP contribution in [0.2, 0.25) is 0 Å². The van der Waals surface area contributed by atoms with Crippen LogP contribution in [0, 0.1) is 0 Å². The van der Waals surface area contributed by atoms with E-state index >= 15 is 0 Å². The molecule has 0 saturated carbocycles. The molecule has 1 fully saturated rings. The smallest absolute Gasteiger partial charge is 0.328 e. The lowest BCUT2D eigenvalue weighted by molar-refractivity contribution is -0.150. The molecular weight excluding hydrogens is 278 g/mol. The summed E-state index contributed by atoms with van der Waals surface area (Å²) in [6.45, 7) is 2.46. The molecule has 2 heterocycles. The molecule has 110 valence electrons. The van der Waals surface area contributed by atoms with Crippen LogP contribution in [0.4, 0.5) is 0 Å². The van der Waals surface area contributed by atoms with Gasteiger partial charge in [0.25, 0.3) is 0 Å². The molecule has 0 radical (unpaired) electrons. The fraction of sp³-hybridized carbons (Fsp3) is 0.615. The summed E-state index contributed by atoms with van der Waals surface area (Å²) in [5.74, 6) is -0.426. The number of likely N-dealkylation sites (tertiary alicyclic amines) is 1. The largest absolute Gasteiger partial charge is 0.467 e. The molecule has 1 aromatic rings. The number of ether oxygens (including phenoxy) is 1. The van der Waals surface area contributed by atoms with Crippen molar-refractivity contribution in [2.75, 3.05) is 13.7 Å². The van der Waals surface area contributed by atoms with Crippen LogP contribution in [0.15, 0.2) is 5.38 Å². The van der Waals surface area contributed by atoms with Crippen LogP contribution in [0.3, 0.4) is 0 Å². The predicted molar refractivity (Wildman–Crippen MR) is 75.2 cm³/mol. The summed E-state index contributed by atoms with van der Waals surface area (Å²) in [4.78, 5) is 29.8. The van der Waals surface area contributed by atoms with E-state index in [4.69, 9.17) is 10.5 Å². The van der Waals surface area contributed by atoms with Gasteiger partial charge in [-0.1, -0.05) is 0 Å². The van der Waals surface area contributed by atoms with Gasteiger partial charge in [-0.05, 0) is 19.8 Å². The van der Waals surface area contributed by atoms with Crippen molar-refractivity contribution >= 4 is 23.2 Å². The molecule has 1 aromatic heterocycles. The van der Waals surface area contributed by atoms with Gasteiger partial charge in [0.05, 0.1) is 25.3 Å². The Balaban J connectivity index is 2.01. The van der Waals surface area contributed by atoms with Crippen molar-refractivity contribution in [3.8, 4) is 0 Å². The highest BCUT2D eigenvalue weighted by atomic mass is 32.1. The summed E-state index contributed by atoms with van der Waals surface area (Å²) in [5, 5.41) is 2.67. The molecule has 2 atom stereocenters. The zero-order valence-corrected chi connectivity index (χ0v) is 12.5. The number of carbonyl (C=O) groups excluding carboxylic acids is 2. The number of esters is 1. The fourth-order valence-corrected chi connectivity index (χ4v) is 3.09. The first kappa shape index (κ1) is 14.9. The molecule has 2 unspecified atom stereocenters. The lowest BCUT2D eigenvalue weighted by Gasteiger charge is -2.22. The van der Waals surface area contributed by atoms with Crippen LogP contribution in [-0.2, 0) is 20.7 Å². The molecule has 7 heteroatoms. The van der Waals surface area contributed by atoms with E-state index in [1.807, 2.05) is 12.3 Å². The van der Waals surface area contributed by atoms with Gasteiger partial charge in [-0.2, -0.15) is 0 Å². The summed E-state index contributed by atoms with van der Waals surface area (Å²) >= 11 is 1.46. The first-order chi connectivity index (χ1) is 9.52. The third kappa shape index (κ3) is 3.16. The van der Waals surface area contributed by atoms with Crippen LogP contribution in [0.25, 0.3) is 0 Å². The first-order valence-corrected chi connectivity index (χ1v) is 7.48. The number of aromatic nitrogens is 1. The van der Waals surface area contributed by atoms with E-state index in [9.17, 15) is 9.59 Å². The number of hydrogen-bond donors (Lipinski definition) is 1. The average molecular weight is 297 g/mol. The van der Waals surface area contributed by atoms with E-state index in [0.29, 0.717) is 18.7 Å². The minimum Gasteiger partial charge on any atom is -0.467 e. The zero-order valence-electron chi connectivity index (χ0n) is 11.7. The second kappa shape index (κ2) is 6.32. The predicted octanol–water partition coefficient (Wildman–Crippen LogP) is 0.869. The number of carbonyl (C=O) groups is 2. The molecule has 0 bridgehead atoms. The standard InChI is InChI=1S/C13H19N3O3S/c1-8(14)12-15-9(7-20-12)6-11(17)16-5-3-4-10(16)13(18)19-2/h7-8,10H,3-6,14H2,1-2H3. The van der Waals surface area contributed by atoms with Gasteiger partial charge in [0.15, 0.2) is 0 Å². The average Bonchev–Trinajstić information content (AvgIpc) is 3.06. The molecule has 0 aromatic carbocycles. The highest BCUT2D eigenvalue weighted by Crippen LogP contribution is 2.21. The van der Waals surface area contributed by atoms with Crippen molar-refractivity contribution in [2.24, 2.45) is 5.73 Å². The second-order valence-electron chi connectivity index (χ2n) is 4.91. The minimum absolute atomic E-state index is 0.0839. The Morgan fingerprint density at radius 2 is 2.40 bits per heavy atom. The van der Waals surface area contributed by atoms with E-state index in [-0.39, 0.29) is 24.3 Å². The maximum absolute atomic E-state index is 12.3. The van der Waals surface area contributed by atoms with Crippen LogP contribution in [0.5, 0.6) is 0 Å². The Hall–Kier alpha value is -1.47. The van der Waals surface area contributed by atoms with Crippen LogP contribution < -0.4 is 5.73 Å². The van der Waals surface area contributed by atoms with Gasteiger partial charge in [-0.3, -0.25) is 4.79 Å². The number of thiazole rings is 1.